The van der Waals surface area contributed by atoms with Crippen LogP contribution in [0.25, 0.3) is 0 Å². The van der Waals surface area contributed by atoms with E-state index in [1.807, 2.05) is 0 Å². The van der Waals surface area contributed by atoms with Crippen molar-refractivity contribution in [2.45, 2.75) is 64.8 Å². The third kappa shape index (κ3) is 3.45. The van der Waals surface area contributed by atoms with Gasteiger partial charge in [-0.25, -0.2) is 4.98 Å². The van der Waals surface area contributed by atoms with Gasteiger partial charge in [-0.1, -0.05) is 13.3 Å². The van der Waals surface area contributed by atoms with Crippen LogP contribution < -0.4 is 4.90 Å². The van der Waals surface area contributed by atoms with Crippen LogP contribution in [-0.4, -0.2) is 36.1 Å². The minimum atomic E-state index is 0.606. The van der Waals surface area contributed by atoms with Crippen molar-refractivity contribution in [1.82, 2.24) is 9.88 Å². The van der Waals surface area contributed by atoms with Gasteiger partial charge in [0.15, 0.2) is 0 Å². The van der Waals surface area contributed by atoms with Gasteiger partial charge < -0.3 is 4.90 Å². The minimum Gasteiger partial charge on any atom is -0.357 e. The van der Waals surface area contributed by atoms with Gasteiger partial charge in [-0.3, -0.25) is 4.90 Å². The highest BCUT2D eigenvalue weighted by Gasteiger charge is 2.27. The highest BCUT2D eigenvalue weighted by molar-refractivity contribution is 5.44. The molecule has 2 aliphatic heterocycles. The molecule has 0 bridgehead atoms. The quantitative estimate of drug-likeness (QED) is 0.807. The number of anilines is 1. The maximum atomic E-state index is 4.82. The Morgan fingerprint density at radius 3 is 2.68 bits per heavy atom. The summed E-state index contributed by atoms with van der Waals surface area (Å²) in [6.45, 7) is 9.42. The van der Waals surface area contributed by atoms with Crippen LogP contribution in [-0.2, 0) is 0 Å². The van der Waals surface area contributed by atoms with E-state index in [0.29, 0.717) is 6.04 Å². The van der Waals surface area contributed by atoms with Crippen LogP contribution >= 0.6 is 0 Å². The second kappa shape index (κ2) is 7.45. The Labute approximate surface area is 135 Å². The number of pyridine rings is 1. The Balaban J connectivity index is 1.73. The number of likely N-dealkylation sites (tertiary alicyclic amines) is 1. The SMILES string of the molecule is CCCCN1CCCC1c1cnc(N2CCCCC2)cc1C. The largest absolute Gasteiger partial charge is 0.357 e. The molecule has 0 N–H and O–H groups in total. The van der Waals surface area contributed by atoms with Crippen LogP contribution in [0.1, 0.15) is 69.0 Å². The van der Waals surface area contributed by atoms with Gasteiger partial charge in [0.2, 0.25) is 0 Å². The zero-order chi connectivity index (χ0) is 15.4. The van der Waals surface area contributed by atoms with E-state index in [0.717, 1.165) is 0 Å². The van der Waals surface area contributed by atoms with E-state index in [1.165, 1.54) is 88.1 Å². The maximum Gasteiger partial charge on any atom is 0.128 e. The van der Waals surface area contributed by atoms with E-state index in [2.05, 4.69) is 35.9 Å². The summed E-state index contributed by atoms with van der Waals surface area (Å²) in [5.74, 6) is 1.19. The maximum absolute atomic E-state index is 4.82. The molecule has 0 aromatic carbocycles. The predicted octanol–water partition coefficient (Wildman–Crippen LogP) is 4.32. The lowest BCUT2D eigenvalue weighted by Gasteiger charge is -2.30. The minimum absolute atomic E-state index is 0.606. The molecule has 0 saturated carbocycles. The molecule has 122 valence electrons. The fourth-order valence-electron chi connectivity index (χ4n) is 4.00. The van der Waals surface area contributed by atoms with Crippen molar-refractivity contribution in [3.63, 3.8) is 0 Å². The third-order valence-electron chi connectivity index (χ3n) is 5.34. The molecule has 22 heavy (non-hydrogen) atoms. The first-order chi connectivity index (χ1) is 10.8. The van der Waals surface area contributed by atoms with Gasteiger partial charge in [-0.15, -0.1) is 0 Å². The molecule has 3 nitrogen and oxygen atoms in total. The molecule has 3 rings (SSSR count). The fraction of sp³-hybridized carbons (Fsp3) is 0.737. The molecule has 1 aromatic rings. The molecule has 0 aliphatic carbocycles. The number of hydrogen-bond acceptors (Lipinski definition) is 3. The second-order valence-electron chi connectivity index (χ2n) is 6.99. The first kappa shape index (κ1) is 15.8. The molecular weight excluding hydrogens is 270 g/mol. The molecular formula is C19H31N3. The van der Waals surface area contributed by atoms with Crippen molar-refractivity contribution in [1.29, 1.82) is 0 Å². The molecule has 0 spiro atoms. The van der Waals surface area contributed by atoms with Gasteiger partial charge in [0.1, 0.15) is 5.82 Å². The molecule has 0 amide bonds. The lowest BCUT2D eigenvalue weighted by molar-refractivity contribution is 0.252. The van der Waals surface area contributed by atoms with Gasteiger partial charge in [0, 0.05) is 25.3 Å². The summed E-state index contributed by atoms with van der Waals surface area (Å²) in [5.41, 5.74) is 2.90. The Morgan fingerprint density at radius 1 is 1.14 bits per heavy atom. The molecule has 2 saturated heterocycles. The Kier molecular flexibility index (Phi) is 5.35. The zero-order valence-corrected chi connectivity index (χ0v) is 14.4. The topological polar surface area (TPSA) is 19.4 Å². The number of aryl methyl sites for hydroxylation is 1. The van der Waals surface area contributed by atoms with E-state index >= 15 is 0 Å². The van der Waals surface area contributed by atoms with Gasteiger partial charge in [0.25, 0.3) is 0 Å². The summed E-state index contributed by atoms with van der Waals surface area (Å²) in [7, 11) is 0. The standard InChI is InChI=1S/C19H31N3/c1-3-4-10-21-13-8-9-18(21)17-15-20-19(14-16(17)2)22-11-6-5-7-12-22/h14-15,18H,3-13H2,1-2H3. The van der Waals surface area contributed by atoms with E-state index in [1.54, 1.807) is 0 Å². The highest BCUT2D eigenvalue weighted by atomic mass is 15.2. The van der Waals surface area contributed by atoms with Gasteiger partial charge in [-0.05, 0) is 75.7 Å². The van der Waals surface area contributed by atoms with Crippen LogP contribution in [0.15, 0.2) is 12.3 Å². The summed E-state index contributed by atoms with van der Waals surface area (Å²) in [6, 6.07) is 2.94. The summed E-state index contributed by atoms with van der Waals surface area (Å²) in [5, 5.41) is 0. The Morgan fingerprint density at radius 2 is 1.95 bits per heavy atom. The number of nitrogens with zero attached hydrogens (tertiary/aromatic N) is 3. The first-order valence-electron chi connectivity index (χ1n) is 9.25. The van der Waals surface area contributed by atoms with E-state index in [9.17, 15) is 0 Å². The van der Waals surface area contributed by atoms with Crippen molar-refractivity contribution >= 4 is 5.82 Å². The first-order valence-corrected chi connectivity index (χ1v) is 9.25. The fourth-order valence-corrected chi connectivity index (χ4v) is 4.00. The Hall–Kier alpha value is -1.09. The van der Waals surface area contributed by atoms with Crippen molar-refractivity contribution in [2.75, 3.05) is 31.1 Å². The molecule has 1 unspecified atom stereocenters. The van der Waals surface area contributed by atoms with Crippen LogP contribution in [0.4, 0.5) is 5.82 Å². The van der Waals surface area contributed by atoms with E-state index in [-0.39, 0.29) is 0 Å². The molecule has 3 heterocycles. The van der Waals surface area contributed by atoms with Crippen molar-refractivity contribution in [3.8, 4) is 0 Å². The zero-order valence-electron chi connectivity index (χ0n) is 14.4. The number of piperidine rings is 1. The lowest BCUT2D eigenvalue weighted by atomic mass is 10.0. The summed E-state index contributed by atoms with van der Waals surface area (Å²) in [6.07, 6.45) is 11.4. The monoisotopic (exact) mass is 301 g/mol. The normalized spacial score (nSPS) is 23.2. The molecule has 1 atom stereocenters. The highest BCUT2D eigenvalue weighted by Crippen LogP contribution is 2.34. The molecule has 2 fully saturated rings. The molecule has 1 aromatic heterocycles. The average molecular weight is 301 g/mol. The number of aromatic nitrogens is 1. The number of hydrogen-bond donors (Lipinski definition) is 0. The summed E-state index contributed by atoms with van der Waals surface area (Å²) >= 11 is 0. The molecule has 3 heteroatoms. The van der Waals surface area contributed by atoms with Crippen molar-refractivity contribution in [2.24, 2.45) is 0 Å². The Bertz CT molecular complexity index is 480. The van der Waals surface area contributed by atoms with E-state index < -0.39 is 0 Å². The predicted molar refractivity (Wildman–Crippen MR) is 93.5 cm³/mol. The van der Waals surface area contributed by atoms with Crippen molar-refractivity contribution in [3.05, 3.63) is 23.4 Å². The van der Waals surface area contributed by atoms with Crippen LogP contribution in [0.3, 0.4) is 0 Å². The van der Waals surface area contributed by atoms with Gasteiger partial charge >= 0.3 is 0 Å². The molecule has 2 aliphatic rings. The summed E-state index contributed by atoms with van der Waals surface area (Å²) in [4.78, 5) is 9.96. The third-order valence-corrected chi connectivity index (χ3v) is 5.34. The van der Waals surface area contributed by atoms with Crippen LogP contribution in [0.5, 0.6) is 0 Å². The van der Waals surface area contributed by atoms with Crippen LogP contribution in [0.2, 0.25) is 0 Å². The number of rotatable bonds is 5. The van der Waals surface area contributed by atoms with Crippen molar-refractivity contribution < 1.29 is 0 Å². The molecule has 0 radical (unpaired) electrons. The lowest BCUT2D eigenvalue weighted by Crippen LogP contribution is -2.30. The van der Waals surface area contributed by atoms with Crippen LogP contribution in [0, 0.1) is 6.92 Å². The average Bonchev–Trinajstić information content (AvgIpc) is 3.02. The van der Waals surface area contributed by atoms with Gasteiger partial charge in [-0.2, -0.15) is 0 Å². The number of unbranched alkanes of at least 4 members (excludes halogenated alkanes) is 1. The van der Waals surface area contributed by atoms with E-state index in [4.69, 9.17) is 4.98 Å². The van der Waals surface area contributed by atoms with Gasteiger partial charge in [0.05, 0.1) is 0 Å². The second-order valence-corrected chi connectivity index (χ2v) is 6.99. The summed E-state index contributed by atoms with van der Waals surface area (Å²) < 4.78 is 0. The smallest absolute Gasteiger partial charge is 0.128 e.